The number of amides is 2. The van der Waals surface area contributed by atoms with Gasteiger partial charge in [0.25, 0.3) is 0 Å². The molecule has 0 atom stereocenters. The molecule has 6 heteroatoms. The van der Waals surface area contributed by atoms with E-state index in [9.17, 15) is 9.59 Å². The van der Waals surface area contributed by atoms with E-state index in [2.05, 4.69) is 10.7 Å². The molecule has 0 aliphatic rings. The average Bonchev–Trinajstić information content (AvgIpc) is 1.82. The van der Waals surface area contributed by atoms with Crippen molar-refractivity contribution in [3.63, 3.8) is 0 Å². The number of hydrogen-bond donors (Lipinski definition) is 3. The molecule has 0 aromatic carbocycles. The van der Waals surface area contributed by atoms with E-state index in [1.165, 1.54) is 18.9 Å². The predicted molar refractivity (Wildman–Crippen MR) is 47.1 cm³/mol. The van der Waals surface area contributed by atoms with E-state index >= 15 is 0 Å². The van der Waals surface area contributed by atoms with Crippen LogP contribution in [0.4, 0.5) is 4.79 Å². The van der Waals surface area contributed by atoms with Crippen molar-refractivity contribution in [2.45, 2.75) is 19.4 Å². The Labute approximate surface area is 76.9 Å². The molecule has 6 nitrogen and oxygen atoms in total. The molecule has 0 heterocycles. The van der Waals surface area contributed by atoms with Gasteiger partial charge in [-0.15, -0.1) is 0 Å². The van der Waals surface area contributed by atoms with Gasteiger partial charge in [0.05, 0.1) is 0 Å². The number of rotatable bonds is 3. The summed E-state index contributed by atoms with van der Waals surface area (Å²) in [6, 6.07) is -0.544. The van der Waals surface area contributed by atoms with Crippen molar-refractivity contribution >= 4 is 12.0 Å². The normalized spacial score (nSPS) is 11.2. The number of hydrazine groups is 1. The SMILES string of the molecule is CN(C)NC(=O)NC(C)(C)C(=O)O. The molecule has 0 aliphatic carbocycles. The minimum absolute atomic E-state index is 0.544. The zero-order chi connectivity index (χ0) is 10.6. The van der Waals surface area contributed by atoms with Crippen LogP contribution in [0.3, 0.4) is 0 Å². The number of carboxylic acids is 1. The first-order valence-corrected chi connectivity index (χ1v) is 3.75. The van der Waals surface area contributed by atoms with Gasteiger partial charge in [-0.3, -0.25) is 5.43 Å². The van der Waals surface area contributed by atoms with E-state index in [0.717, 1.165) is 0 Å². The third kappa shape index (κ3) is 4.32. The van der Waals surface area contributed by atoms with E-state index in [1.807, 2.05) is 0 Å². The molecule has 0 rings (SSSR count). The molecule has 0 fully saturated rings. The van der Waals surface area contributed by atoms with Crippen LogP contribution < -0.4 is 10.7 Å². The van der Waals surface area contributed by atoms with E-state index < -0.39 is 17.5 Å². The van der Waals surface area contributed by atoms with Crippen molar-refractivity contribution in [2.24, 2.45) is 0 Å². The molecule has 0 saturated heterocycles. The molecule has 2 amide bonds. The number of carbonyl (C=O) groups excluding carboxylic acids is 1. The standard InChI is InChI=1S/C7H15N3O3/c1-7(2,5(11)12)8-6(13)9-10(3)4/h1-4H3,(H,11,12)(H2,8,9,13). The smallest absolute Gasteiger partial charge is 0.330 e. The predicted octanol–water partition coefficient (Wildman–Crippen LogP) is -0.375. The van der Waals surface area contributed by atoms with Gasteiger partial charge in [-0.2, -0.15) is 0 Å². The van der Waals surface area contributed by atoms with Crippen LogP contribution in [0.5, 0.6) is 0 Å². The van der Waals surface area contributed by atoms with Gasteiger partial charge >= 0.3 is 12.0 Å². The number of nitrogens with zero attached hydrogens (tertiary/aromatic N) is 1. The lowest BCUT2D eigenvalue weighted by Gasteiger charge is -2.22. The lowest BCUT2D eigenvalue weighted by atomic mass is 10.1. The molecule has 0 spiro atoms. The van der Waals surface area contributed by atoms with Crippen LogP contribution in [-0.2, 0) is 4.79 Å². The largest absolute Gasteiger partial charge is 0.480 e. The molecule has 3 N–H and O–H groups in total. The van der Waals surface area contributed by atoms with Crippen LogP contribution in [0.25, 0.3) is 0 Å². The number of hydrogen-bond acceptors (Lipinski definition) is 3. The maximum Gasteiger partial charge on any atom is 0.330 e. The molecule has 76 valence electrons. The van der Waals surface area contributed by atoms with E-state index in [-0.39, 0.29) is 0 Å². The van der Waals surface area contributed by atoms with Crippen LogP contribution in [-0.4, -0.2) is 41.8 Å². The quantitative estimate of drug-likeness (QED) is 0.529. The van der Waals surface area contributed by atoms with Gasteiger partial charge < -0.3 is 10.4 Å². The maximum atomic E-state index is 11.0. The minimum Gasteiger partial charge on any atom is -0.480 e. The van der Waals surface area contributed by atoms with Crippen molar-refractivity contribution < 1.29 is 14.7 Å². The zero-order valence-electron chi connectivity index (χ0n) is 8.21. The second kappa shape index (κ2) is 4.08. The van der Waals surface area contributed by atoms with Gasteiger partial charge in [-0.05, 0) is 13.8 Å². The summed E-state index contributed by atoms with van der Waals surface area (Å²) >= 11 is 0. The Balaban J connectivity index is 4.12. The number of aliphatic carboxylic acids is 1. The summed E-state index contributed by atoms with van der Waals surface area (Å²) < 4.78 is 0. The molecule has 0 aromatic heterocycles. The van der Waals surface area contributed by atoms with Crippen LogP contribution in [0, 0.1) is 0 Å². The molecule has 13 heavy (non-hydrogen) atoms. The third-order valence-corrected chi connectivity index (χ3v) is 1.29. The molecular weight excluding hydrogens is 174 g/mol. The highest BCUT2D eigenvalue weighted by Crippen LogP contribution is 2.00. The van der Waals surface area contributed by atoms with Gasteiger partial charge in [0, 0.05) is 14.1 Å². The summed E-state index contributed by atoms with van der Waals surface area (Å²) in [7, 11) is 3.26. The maximum absolute atomic E-state index is 11.0. The van der Waals surface area contributed by atoms with Crippen molar-refractivity contribution in [2.75, 3.05) is 14.1 Å². The van der Waals surface area contributed by atoms with E-state index in [4.69, 9.17) is 5.11 Å². The number of urea groups is 1. The number of nitrogens with one attached hydrogen (secondary N) is 2. The van der Waals surface area contributed by atoms with Gasteiger partial charge in [-0.1, -0.05) is 0 Å². The average molecular weight is 189 g/mol. The van der Waals surface area contributed by atoms with Crippen LogP contribution >= 0.6 is 0 Å². The highest BCUT2D eigenvalue weighted by atomic mass is 16.4. The fourth-order valence-electron chi connectivity index (χ4n) is 0.568. The highest BCUT2D eigenvalue weighted by Gasteiger charge is 2.28. The monoisotopic (exact) mass is 189 g/mol. The van der Waals surface area contributed by atoms with Crippen molar-refractivity contribution in [3.05, 3.63) is 0 Å². The zero-order valence-corrected chi connectivity index (χ0v) is 8.21. The van der Waals surface area contributed by atoms with Crippen molar-refractivity contribution in [3.8, 4) is 0 Å². The molecule has 0 saturated carbocycles. The Kier molecular flexibility index (Phi) is 3.68. The Morgan fingerprint density at radius 1 is 1.31 bits per heavy atom. The minimum atomic E-state index is -1.26. The Bertz CT molecular complexity index is 213. The molecule has 0 radical (unpaired) electrons. The Hall–Kier alpha value is -1.30. The van der Waals surface area contributed by atoms with Gasteiger partial charge in [0.1, 0.15) is 5.54 Å². The fraction of sp³-hybridized carbons (Fsp3) is 0.714. The van der Waals surface area contributed by atoms with Crippen molar-refractivity contribution in [1.29, 1.82) is 0 Å². The number of carboxylic acid groups (broad SMARTS) is 1. The summed E-state index contributed by atoms with van der Waals surface area (Å²) in [6.07, 6.45) is 0. The summed E-state index contributed by atoms with van der Waals surface area (Å²) in [6.45, 7) is 2.81. The van der Waals surface area contributed by atoms with E-state index in [0.29, 0.717) is 0 Å². The molecule has 0 bridgehead atoms. The Morgan fingerprint density at radius 3 is 2.08 bits per heavy atom. The molecule has 0 aliphatic heterocycles. The topological polar surface area (TPSA) is 81.7 Å². The second-order valence-corrected chi connectivity index (χ2v) is 3.39. The molecule has 0 aromatic rings. The van der Waals surface area contributed by atoms with Crippen LogP contribution in [0.1, 0.15) is 13.8 Å². The number of carbonyl (C=O) groups is 2. The van der Waals surface area contributed by atoms with Crippen LogP contribution in [0.15, 0.2) is 0 Å². The van der Waals surface area contributed by atoms with E-state index in [1.54, 1.807) is 14.1 Å². The van der Waals surface area contributed by atoms with Gasteiger partial charge in [-0.25, -0.2) is 14.6 Å². The summed E-state index contributed by atoms with van der Waals surface area (Å²) in [5.41, 5.74) is 1.11. The first-order valence-electron chi connectivity index (χ1n) is 3.75. The first-order chi connectivity index (χ1) is 5.75. The lowest BCUT2D eigenvalue weighted by Crippen LogP contribution is -2.55. The van der Waals surface area contributed by atoms with Gasteiger partial charge in [0.2, 0.25) is 0 Å². The lowest BCUT2D eigenvalue weighted by molar-refractivity contribution is -0.142. The van der Waals surface area contributed by atoms with Crippen LogP contribution in [0.2, 0.25) is 0 Å². The first kappa shape index (κ1) is 11.7. The third-order valence-electron chi connectivity index (χ3n) is 1.29. The summed E-state index contributed by atoms with van der Waals surface area (Å²) in [5.74, 6) is -1.08. The van der Waals surface area contributed by atoms with Gasteiger partial charge in [0.15, 0.2) is 0 Å². The highest BCUT2D eigenvalue weighted by molar-refractivity contribution is 5.85. The summed E-state index contributed by atoms with van der Waals surface area (Å²) in [5, 5.41) is 12.4. The molecular formula is C7H15N3O3. The second-order valence-electron chi connectivity index (χ2n) is 3.39. The Morgan fingerprint density at radius 2 is 1.77 bits per heavy atom. The fourth-order valence-corrected chi connectivity index (χ4v) is 0.568. The van der Waals surface area contributed by atoms with Crippen molar-refractivity contribution in [1.82, 2.24) is 15.8 Å². The summed E-state index contributed by atoms with van der Waals surface area (Å²) in [4.78, 5) is 21.6. The molecule has 0 unspecified atom stereocenters.